The van der Waals surface area contributed by atoms with Gasteiger partial charge in [-0.3, -0.25) is 19.3 Å². The van der Waals surface area contributed by atoms with Crippen molar-refractivity contribution in [1.29, 1.82) is 0 Å². The number of hydrogen-bond donors (Lipinski definition) is 0. The third kappa shape index (κ3) is 5.67. The van der Waals surface area contributed by atoms with Crippen LogP contribution >= 0.6 is 22.7 Å². The molecule has 0 aliphatic carbocycles. The summed E-state index contributed by atoms with van der Waals surface area (Å²) in [6.45, 7) is 1.37. The van der Waals surface area contributed by atoms with Crippen molar-refractivity contribution in [2.75, 3.05) is 51.7 Å². The Morgan fingerprint density at radius 2 is 1.82 bits per heavy atom. The van der Waals surface area contributed by atoms with Crippen LogP contribution in [0, 0.1) is 0 Å². The van der Waals surface area contributed by atoms with E-state index in [1.807, 2.05) is 5.38 Å². The number of benzene rings is 1. The van der Waals surface area contributed by atoms with Crippen molar-refractivity contribution in [3.63, 3.8) is 0 Å². The van der Waals surface area contributed by atoms with Crippen LogP contribution in [-0.2, 0) is 15.0 Å². The highest BCUT2D eigenvalue weighted by molar-refractivity contribution is 7.86. The Morgan fingerprint density at radius 3 is 2.50 bits per heavy atom. The van der Waals surface area contributed by atoms with Gasteiger partial charge in [0.1, 0.15) is 11.4 Å². The summed E-state index contributed by atoms with van der Waals surface area (Å²) in [5.41, 5.74) is 0.944. The highest BCUT2D eigenvalue weighted by Gasteiger charge is 2.36. The third-order valence-corrected chi connectivity index (χ3v) is 10.5. The molecule has 0 saturated carbocycles. The van der Waals surface area contributed by atoms with Crippen molar-refractivity contribution in [3.05, 3.63) is 63.3 Å². The van der Waals surface area contributed by atoms with Gasteiger partial charge < -0.3 is 9.64 Å². The van der Waals surface area contributed by atoms with E-state index in [1.165, 1.54) is 45.4 Å². The SMILES string of the molecule is CN(C)S(=O)(=O)N1CCN(C(=O)CCCN(C(=O)c2cccs2)c2nc(C3Oc4ccccc4C3=O)cs2)CC1. The van der Waals surface area contributed by atoms with Gasteiger partial charge in [0.05, 0.1) is 10.4 Å². The average molecular weight is 604 g/mol. The average Bonchev–Trinajstić information content (AvgIpc) is 3.72. The van der Waals surface area contributed by atoms with E-state index in [0.29, 0.717) is 46.5 Å². The molecule has 212 valence electrons. The Kier molecular flexibility index (Phi) is 8.33. The molecule has 0 radical (unpaired) electrons. The minimum atomic E-state index is -3.51. The number of carbonyl (C=O) groups excluding carboxylic acids is 3. The molecule has 5 rings (SSSR count). The Morgan fingerprint density at radius 1 is 1.07 bits per heavy atom. The molecule has 3 aromatic rings. The number of thiazole rings is 1. The lowest BCUT2D eigenvalue weighted by atomic mass is 10.1. The van der Waals surface area contributed by atoms with Crippen LogP contribution in [-0.4, -0.2) is 91.3 Å². The number of amides is 2. The maximum atomic E-state index is 13.4. The number of ether oxygens (including phenoxy) is 1. The van der Waals surface area contributed by atoms with Gasteiger partial charge in [-0.05, 0) is 30.0 Å². The lowest BCUT2D eigenvalue weighted by Gasteiger charge is -2.35. The molecule has 11 nitrogen and oxygen atoms in total. The van der Waals surface area contributed by atoms with Crippen LogP contribution in [0.15, 0.2) is 47.2 Å². The molecule has 2 aromatic heterocycles. The summed E-state index contributed by atoms with van der Waals surface area (Å²) in [6.07, 6.45) is -0.268. The quantitative estimate of drug-likeness (QED) is 0.369. The highest BCUT2D eigenvalue weighted by atomic mass is 32.2. The highest BCUT2D eigenvalue weighted by Crippen LogP contribution is 2.38. The van der Waals surface area contributed by atoms with E-state index in [4.69, 9.17) is 4.74 Å². The number of nitrogens with zero attached hydrogens (tertiary/aromatic N) is 5. The molecule has 1 atom stereocenters. The number of para-hydroxylation sites is 1. The molecule has 0 spiro atoms. The molecule has 0 N–H and O–H groups in total. The van der Waals surface area contributed by atoms with E-state index >= 15 is 0 Å². The predicted molar refractivity (Wildman–Crippen MR) is 152 cm³/mol. The van der Waals surface area contributed by atoms with Gasteiger partial charge in [-0.2, -0.15) is 17.0 Å². The van der Waals surface area contributed by atoms with Gasteiger partial charge in [0, 0.05) is 58.6 Å². The fraction of sp³-hybridized carbons (Fsp3) is 0.385. The van der Waals surface area contributed by atoms with Gasteiger partial charge in [0.25, 0.3) is 16.1 Å². The van der Waals surface area contributed by atoms with E-state index < -0.39 is 16.3 Å². The largest absolute Gasteiger partial charge is 0.475 e. The second-order valence-electron chi connectivity index (χ2n) is 9.52. The van der Waals surface area contributed by atoms with Crippen LogP contribution in [0.2, 0.25) is 0 Å². The molecule has 0 bridgehead atoms. The maximum absolute atomic E-state index is 13.4. The Bertz CT molecular complexity index is 1500. The number of anilines is 1. The summed E-state index contributed by atoms with van der Waals surface area (Å²) in [5.74, 6) is 0.0191. The number of ketones is 1. The second-order valence-corrected chi connectivity index (χ2v) is 13.4. The molecule has 40 heavy (non-hydrogen) atoms. The minimum absolute atomic E-state index is 0.0898. The second kappa shape index (κ2) is 11.7. The van der Waals surface area contributed by atoms with Crippen molar-refractivity contribution < 1.29 is 27.5 Å². The fourth-order valence-corrected chi connectivity index (χ4v) is 7.19. The summed E-state index contributed by atoms with van der Waals surface area (Å²) < 4.78 is 33.1. The number of fused-ring (bicyclic) bond motifs is 1. The number of thiophene rings is 1. The zero-order chi connectivity index (χ0) is 28.4. The normalized spacial score (nSPS) is 17.6. The summed E-state index contributed by atoms with van der Waals surface area (Å²) in [6, 6.07) is 10.6. The first-order valence-corrected chi connectivity index (χ1v) is 15.9. The molecule has 2 aliphatic rings. The van der Waals surface area contributed by atoms with E-state index in [1.54, 1.807) is 51.6 Å². The van der Waals surface area contributed by atoms with Crippen molar-refractivity contribution in [1.82, 2.24) is 18.5 Å². The first-order chi connectivity index (χ1) is 19.2. The number of rotatable bonds is 9. The molecule has 14 heteroatoms. The topological polar surface area (TPSA) is 120 Å². The summed E-state index contributed by atoms with van der Waals surface area (Å²) in [7, 11) is -0.542. The first kappa shape index (κ1) is 28.4. The van der Waals surface area contributed by atoms with E-state index in [-0.39, 0.29) is 43.7 Å². The summed E-state index contributed by atoms with van der Waals surface area (Å²) in [4.78, 5) is 47.5. The Balaban J connectivity index is 1.23. The smallest absolute Gasteiger partial charge is 0.281 e. The van der Waals surface area contributed by atoms with Crippen LogP contribution < -0.4 is 9.64 Å². The van der Waals surface area contributed by atoms with E-state index in [0.717, 1.165) is 0 Å². The van der Waals surface area contributed by atoms with Crippen molar-refractivity contribution in [2.45, 2.75) is 18.9 Å². The first-order valence-electron chi connectivity index (χ1n) is 12.7. The third-order valence-electron chi connectivity index (χ3n) is 6.77. The Labute approximate surface area is 240 Å². The van der Waals surface area contributed by atoms with Crippen LogP contribution in [0.1, 0.15) is 44.7 Å². The van der Waals surface area contributed by atoms with Crippen molar-refractivity contribution >= 4 is 55.6 Å². The van der Waals surface area contributed by atoms with E-state index in [9.17, 15) is 22.8 Å². The number of carbonyl (C=O) groups is 3. The molecule has 2 amide bonds. The zero-order valence-corrected chi connectivity index (χ0v) is 24.5. The van der Waals surface area contributed by atoms with E-state index in [2.05, 4.69) is 4.98 Å². The predicted octanol–water partition coefficient (Wildman–Crippen LogP) is 2.90. The van der Waals surface area contributed by atoms with Gasteiger partial charge in [0.2, 0.25) is 17.8 Å². The van der Waals surface area contributed by atoms with Crippen molar-refractivity contribution in [2.24, 2.45) is 0 Å². The molecule has 4 heterocycles. The standard InChI is InChI=1S/C26H29N5O6S3/c1-28(2)40(35,36)30-14-12-29(13-15-30)22(32)10-5-11-31(25(34)21-9-6-16-38-21)26-27-19(17-39-26)24-23(33)18-7-3-4-8-20(18)37-24/h3-4,6-9,16-17,24H,5,10-15H2,1-2H3. The molecule has 2 aliphatic heterocycles. The van der Waals surface area contributed by atoms with Crippen molar-refractivity contribution in [3.8, 4) is 5.75 Å². The Hall–Kier alpha value is -3.17. The zero-order valence-electron chi connectivity index (χ0n) is 22.1. The number of aromatic nitrogens is 1. The molecule has 1 fully saturated rings. The molecular formula is C26H29N5O6S3. The van der Waals surface area contributed by atoms with Crippen LogP contribution in [0.4, 0.5) is 5.13 Å². The maximum Gasteiger partial charge on any atom is 0.281 e. The molecular weight excluding hydrogens is 575 g/mol. The molecule has 1 aromatic carbocycles. The van der Waals surface area contributed by atoms with Gasteiger partial charge in [-0.25, -0.2) is 4.98 Å². The van der Waals surface area contributed by atoms with Gasteiger partial charge in [0.15, 0.2) is 5.13 Å². The minimum Gasteiger partial charge on any atom is -0.475 e. The van der Waals surface area contributed by atoms with Crippen LogP contribution in [0.25, 0.3) is 0 Å². The lowest BCUT2D eigenvalue weighted by Crippen LogP contribution is -2.53. The van der Waals surface area contributed by atoms with Crippen LogP contribution in [0.3, 0.4) is 0 Å². The molecule has 1 unspecified atom stereocenters. The summed E-state index contributed by atoms with van der Waals surface area (Å²) in [5, 5.41) is 3.97. The van der Waals surface area contributed by atoms with Gasteiger partial charge >= 0.3 is 0 Å². The van der Waals surface area contributed by atoms with Gasteiger partial charge in [-0.1, -0.05) is 18.2 Å². The fourth-order valence-electron chi connectivity index (χ4n) is 4.57. The molecule has 1 saturated heterocycles. The summed E-state index contributed by atoms with van der Waals surface area (Å²) >= 11 is 2.57. The number of piperazine rings is 1. The van der Waals surface area contributed by atoms with Gasteiger partial charge in [-0.15, -0.1) is 22.7 Å². The number of Topliss-reactive ketones (excluding diaryl/α,β-unsaturated/α-hetero) is 1. The lowest BCUT2D eigenvalue weighted by molar-refractivity contribution is -0.132. The van der Waals surface area contributed by atoms with Crippen LogP contribution in [0.5, 0.6) is 5.75 Å². The monoisotopic (exact) mass is 603 g/mol. The number of hydrogen-bond acceptors (Lipinski definition) is 9.